The van der Waals surface area contributed by atoms with E-state index >= 15 is 0 Å². The molecule has 0 atom stereocenters. The minimum absolute atomic E-state index is 0.0110. The molecule has 0 saturated carbocycles. The molecular weight excluding hydrogens is 322 g/mol. The maximum Gasteiger partial charge on any atom is 0.335 e. The predicted molar refractivity (Wildman–Crippen MR) is 92.1 cm³/mol. The van der Waals surface area contributed by atoms with Crippen LogP contribution in [0.3, 0.4) is 0 Å². The van der Waals surface area contributed by atoms with Gasteiger partial charge in [-0.25, -0.2) is 9.48 Å². The fourth-order valence-corrected chi connectivity index (χ4v) is 2.86. The number of nitro benzene ring substituents is 1. The first-order valence-electron chi connectivity index (χ1n) is 7.53. The number of hydrogen-bond acceptors (Lipinski definition) is 4. The van der Waals surface area contributed by atoms with Crippen LogP contribution in [0.2, 0.25) is 0 Å². The summed E-state index contributed by atoms with van der Waals surface area (Å²) in [5.74, 6) is -1.01. The van der Waals surface area contributed by atoms with E-state index in [1.54, 1.807) is 35.0 Å². The topological polar surface area (TPSA) is 98.3 Å². The number of carboxylic acid groups (broad SMARTS) is 1. The Morgan fingerprint density at radius 3 is 2.56 bits per heavy atom. The van der Waals surface area contributed by atoms with Gasteiger partial charge in [-0.05, 0) is 37.6 Å². The molecule has 0 aliphatic carbocycles. The first-order chi connectivity index (χ1) is 11.9. The third kappa shape index (κ3) is 2.99. The average molecular weight is 337 g/mol. The van der Waals surface area contributed by atoms with Crippen molar-refractivity contribution in [2.75, 3.05) is 0 Å². The van der Waals surface area contributed by atoms with Crippen molar-refractivity contribution in [3.05, 3.63) is 75.6 Å². The number of aromatic carboxylic acids is 1. The van der Waals surface area contributed by atoms with E-state index in [1.807, 2.05) is 13.8 Å². The second-order valence-electron chi connectivity index (χ2n) is 5.62. The highest BCUT2D eigenvalue weighted by Crippen LogP contribution is 2.31. The minimum Gasteiger partial charge on any atom is -0.478 e. The van der Waals surface area contributed by atoms with Gasteiger partial charge in [0.15, 0.2) is 0 Å². The van der Waals surface area contributed by atoms with Crippen molar-refractivity contribution in [3.8, 4) is 16.8 Å². The van der Waals surface area contributed by atoms with E-state index < -0.39 is 10.9 Å². The summed E-state index contributed by atoms with van der Waals surface area (Å²) in [5.41, 5.74) is 3.78. The molecule has 3 rings (SSSR count). The van der Waals surface area contributed by atoms with Gasteiger partial charge < -0.3 is 5.11 Å². The van der Waals surface area contributed by atoms with Crippen LogP contribution >= 0.6 is 0 Å². The van der Waals surface area contributed by atoms with Gasteiger partial charge in [0.05, 0.1) is 21.9 Å². The van der Waals surface area contributed by atoms with Gasteiger partial charge >= 0.3 is 5.97 Å². The Bertz CT molecular complexity index is 992. The maximum absolute atomic E-state index is 11.2. The molecule has 0 fully saturated rings. The van der Waals surface area contributed by atoms with Crippen molar-refractivity contribution in [2.45, 2.75) is 13.8 Å². The molecule has 1 N–H and O–H groups in total. The third-order valence-corrected chi connectivity index (χ3v) is 3.97. The number of benzene rings is 2. The second kappa shape index (κ2) is 6.20. The summed E-state index contributed by atoms with van der Waals surface area (Å²) >= 11 is 0. The Hall–Kier alpha value is -3.48. The van der Waals surface area contributed by atoms with Crippen LogP contribution in [-0.4, -0.2) is 25.8 Å². The van der Waals surface area contributed by atoms with Crippen LogP contribution in [0.1, 0.15) is 21.7 Å². The van der Waals surface area contributed by atoms with Gasteiger partial charge in [-0.15, -0.1) is 0 Å². The molecule has 0 spiro atoms. The number of nitrogens with zero attached hydrogens (tertiary/aromatic N) is 3. The highest BCUT2D eigenvalue weighted by Gasteiger charge is 2.17. The van der Waals surface area contributed by atoms with Crippen molar-refractivity contribution < 1.29 is 14.8 Å². The summed E-state index contributed by atoms with van der Waals surface area (Å²) in [5, 5.41) is 24.6. The first kappa shape index (κ1) is 16.4. The zero-order chi connectivity index (χ0) is 18.1. The summed E-state index contributed by atoms with van der Waals surface area (Å²) < 4.78 is 1.65. The van der Waals surface area contributed by atoms with Crippen molar-refractivity contribution in [1.82, 2.24) is 9.78 Å². The van der Waals surface area contributed by atoms with E-state index in [9.17, 15) is 14.9 Å². The molecular formula is C18H15N3O4. The number of aryl methyl sites for hydroxylation is 1. The quantitative estimate of drug-likeness (QED) is 0.577. The van der Waals surface area contributed by atoms with E-state index in [2.05, 4.69) is 5.10 Å². The van der Waals surface area contributed by atoms with Gasteiger partial charge in [-0.3, -0.25) is 10.1 Å². The molecule has 7 nitrogen and oxygen atoms in total. The molecule has 7 heteroatoms. The van der Waals surface area contributed by atoms with Crippen LogP contribution < -0.4 is 0 Å². The summed E-state index contributed by atoms with van der Waals surface area (Å²) in [6, 6.07) is 12.9. The molecule has 0 unspecified atom stereocenters. The Balaban J connectivity index is 2.14. The van der Waals surface area contributed by atoms with Crippen LogP contribution in [0.25, 0.3) is 16.8 Å². The Kier molecular flexibility index (Phi) is 4.06. The van der Waals surface area contributed by atoms with Crippen molar-refractivity contribution in [1.29, 1.82) is 0 Å². The maximum atomic E-state index is 11.2. The average Bonchev–Trinajstić information content (AvgIpc) is 2.89. The summed E-state index contributed by atoms with van der Waals surface area (Å²) in [6.45, 7) is 3.67. The van der Waals surface area contributed by atoms with Gasteiger partial charge in [0, 0.05) is 23.4 Å². The van der Waals surface area contributed by atoms with Crippen LogP contribution in [-0.2, 0) is 0 Å². The Morgan fingerprint density at radius 1 is 1.16 bits per heavy atom. The molecule has 25 heavy (non-hydrogen) atoms. The molecule has 126 valence electrons. The Morgan fingerprint density at radius 2 is 1.88 bits per heavy atom. The molecule has 3 aromatic rings. The molecule has 1 heterocycles. The molecule has 0 aliphatic rings. The van der Waals surface area contributed by atoms with Gasteiger partial charge in [0.25, 0.3) is 5.69 Å². The van der Waals surface area contributed by atoms with Gasteiger partial charge in [-0.2, -0.15) is 5.10 Å². The number of carboxylic acids is 1. The van der Waals surface area contributed by atoms with E-state index in [1.165, 1.54) is 18.2 Å². The number of non-ortho nitro benzene ring substituents is 1. The van der Waals surface area contributed by atoms with Crippen molar-refractivity contribution in [3.63, 3.8) is 0 Å². The summed E-state index contributed by atoms with van der Waals surface area (Å²) in [7, 11) is 0. The largest absolute Gasteiger partial charge is 0.478 e. The SMILES string of the molecule is Cc1nn(-c2cccc(C(=O)O)c2)c(C)c1-c1cccc([N+](=O)[O-])c1. The minimum atomic E-state index is -1.01. The van der Waals surface area contributed by atoms with Gasteiger partial charge in [0.2, 0.25) is 0 Å². The molecule has 0 radical (unpaired) electrons. The number of carbonyl (C=O) groups is 1. The first-order valence-corrected chi connectivity index (χ1v) is 7.53. The van der Waals surface area contributed by atoms with Crippen LogP contribution in [0.4, 0.5) is 5.69 Å². The molecule has 0 amide bonds. The lowest BCUT2D eigenvalue weighted by Gasteiger charge is -2.07. The molecule has 2 aromatic carbocycles. The van der Waals surface area contributed by atoms with E-state index in [-0.39, 0.29) is 11.3 Å². The van der Waals surface area contributed by atoms with Gasteiger partial charge in [0.1, 0.15) is 0 Å². The smallest absolute Gasteiger partial charge is 0.335 e. The monoisotopic (exact) mass is 337 g/mol. The molecule has 0 aliphatic heterocycles. The lowest BCUT2D eigenvalue weighted by atomic mass is 10.0. The van der Waals surface area contributed by atoms with Crippen LogP contribution in [0.15, 0.2) is 48.5 Å². The Labute approximate surface area is 143 Å². The zero-order valence-corrected chi connectivity index (χ0v) is 13.6. The fraction of sp³-hybridized carbons (Fsp3) is 0.111. The lowest BCUT2D eigenvalue weighted by molar-refractivity contribution is -0.384. The van der Waals surface area contributed by atoms with Crippen LogP contribution in [0, 0.1) is 24.0 Å². The highest BCUT2D eigenvalue weighted by atomic mass is 16.6. The number of rotatable bonds is 4. The lowest BCUT2D eigenvalue weighted by Crippen LogP contribution is -2.02. The van der Waals surface area contributed by atoms with Crippen LogP contribution in [0.5, 0.6) is 0 Å². The fourth-order valence-electron chi connectivity index (χ4n) is 2.86. The van der Waals surface area contributed by atoms with Gasteiger partial charge in [-0.1, -0.05) is 18.2 Å². The number of nitro groups is 1. The number of hydrogen-bond donors (Lipinski definition) is 1. The normalized spacial score (nSPS) is 10.6. The third-order valence-electron chi connectivity index (χ3n) is 3.97. The molecule has 0 bridgehead atoms. The standard InChI is InChI=1S/C18H15N3O4/c1-11-17(13-5-3-8-16(9-13)21(24)25)12(2)20(19-11)15-7-4-6-14(10-15)18(22)23/h3-10H,1-2H3,(H,22,23). The van der Waals surface area contributed by atoms with E-state index in [0.717, 1.165) is 11.3 Å². The van der Waals surface area contributed by atoms with E-state index in [4.69, 9.17) is 5.11 Å². The van der Waals surface area contributed by atoms with E-state index in [0.29, 0.717) is 16.9 Å². The summed E-state index contributed by atoms with van der Waals surface area (Å²) in [6.07, 6.45) is 0. The highest BCUT2D eigenvalue weighted by molar-refractivity contribution is 5.88. The summed E-state index contributed by atoms with van der Waals surface area (Å²) in [4.78, 5) is 21.7. The predicted octanol–water partition coefficient (Wildman–Crippen LogP) is 3.76. The molecule has 1 aromatic heterocycles. The molecule has 0 saturated heterocycles. The van der Waals surface area contributed by atoms with Crippen molar-refractivity contribution in [2.24, 2.45) is 0 Å². The van der Waals surface area contributed by atoms with Crippen molar-refractivity contribution >= 4 is 11.7 Å². The zero-order valence-electron chi connectivity index (χ0n) is 13.6. The number of aromatic nitrogens is 2. The second-order valence-corrected chi connectivity index (χ2v) is 5.62.